The predicted octanol–water partition coefficient (Wildman–Crippen LogP) is 4.83. The van der Waals surface area contributed by atoms with Crippen LogP contribution in [0.4, 0.5) is 0 Å². The highest BCUT2D eigenvalue weighted by molar-refractivity contribution is 5.86. The summed E-state index contributed by atoms with van der Waals surface area (Å²) in [5.74, 6) is -1.08. The van der Waals surface area contributed by atoms with Crippen LogP contribution in [0.3, 0.4) is 0 Å². The number of fused-ring (bicyclic) bond motifs is 2. The third kappa shape index (κ3) is 4.63. The van der Waals surface area contributed by atoms with Gasteiger partial charge in [0.1, 0.15) is 5.60 Å². The van der Waals surface area contributed by atoms with Crippen molar-refractivity contribution in [3.8, 4) is 0 Å². The molecule has 31 heavy (non-hydrogen) atoms. The zero-order valence-electron chi connectivity index (χ0n) is 18.1. The highest BCUT2D eigenvalue weighted by atomic mass is 16.6. The summed E-state index contributed by atoms with van der Waals surface area (Å²) in [6.45, 7) is 5.35. The van der Waals surface area contributed by atoms with Gasteiger partial charge >= 0.3 is 11.9 Å². The molecule has 1 atom stereocenters. The number of nitrogens with zero attached hydrogens (tertiary/aromatic N) is 1. The third-order valence-corrected chi connectivity index (χ3v) is 5.05. The van der Waals surface area contributed by atoms with E-state index in [2.05, 4.69) is 4.98 Å². The molecule has 0 spiro atoms. The molecule has 0 amide bonds. The Morgan fingerprint density at radius 1 is 1.03 bits per heavy atom. The maximum atomic E-state index is 12.9. The average Bonchev–Trinajstić information content (AvgIpc) is 3.31. The Kier molecular flexibility index (Phi) is 5.31. The van der Waals surface area contributed by atoms with Crippen molar-refractivity contribution >= 4 is 33.7 Å². The number of hydrogen-bond donors (Lipinski definition) is 1. The Hall–Kier alpha value is -3.54. The van der Waals surface area contributed by atoms with Crippen molar-refractivity contribution in [2.24, 2.45) is 7.05 Å². The van der Waals surface area contributed by atoms with Crippen molar-refractivity contribution in [3.63, 3.8) is 0 Å². The first-order chi connectivity index (χ1) is 14.7. The quantitative estimate of drug-likeness (QED) is 0.471. The molecule has 1 unspecified atom stereocenters. The van der Waals surface area contributed by atoms with Crippen molar-refractivity contribution in [2.45, 2.75) is 38.9 Å². The summed E-state index contributed by atoms with van der Waals surface area (Å²) >= 11 is 0. The molecule has 0 fully saturated rings. The van der Waals surface area contributed by atoms with E-state index in [4.69, 9.17) is 9.47 Å². The van der Waals surface area contributed by atoms with E-state index in [9.17, 15) is 9.59 Å². The molecule has 0 aliphatic carbocycles. The molecule has 0 aliphatic rings. The van der Waals surface area contributed by atoms with Gasteiger partial charge in [-0.05, 0) is 61.4 Å². The fourth-order valence-electron chi connectivity index (χ4n) is 3.59. The third-order valence-electron chi connectivity index (χ3n) is 5.05. The van der Waals surface area contributed by atoms with E-state index in [0.717, 1.165) is 27.4 Å². The minimum Gasteiger partial charge on any atom is -0.457 e. The second-order valence-electron chi connectivity index (χ2n) is 8.72. The first kappa shape index (κ1) is 20.7. The Balaban J connectivity index is 1.58. The molecule has 0 radical (unpaired) electrons. The summed E-state index contributed by atoms with van der Waals surface area (Å²) in [5.41, 5.74) is 2.58. The van der Waals surface area contributed by atoms with Crippen LogP contribution in [0.2, 0.25) is 0 Å². The second kappa shape index (κ2) is 7.95. The fraction of sp³-hybridized carbons (Fsp3) is 0.280. The highest BCUT2D eigenvalue weighted by Gasteiger charge is 2.30. The molecular formula is C25H26N2O4. The summed E-state index contributed by atoms with van der Waals surface area (Å²) in [5, 5.41) is 2.11. The number of aromatic nitrogens is 2. The van der Waals surface area contributed by atoms with Crippen LogP contribution in [0.1, 0.15) is 38.0 Å². The Morgan fingerprint density at radius 2 is 1.81 bits per heavy atom. The lowest BCUT2D eigenvalue weighted by molar-refractivity contribution is -0.176. The molecular weight excluding hydrogens is 392 g/mol. The van der Waals surface area contributed by atoms with Gasteiger partial charge in [0, 0.05) is 36.0 Å². The molecule has 160 valence electrons. The van der Waals surface area contributed by atoms with Gasteiger partial charge in [-0.1, -0.05) is 24.3 Å². The summed E-state index contributed by atoms with van der Waals surface area (Å²) < 4.78 is 13.2. The number of ether oxygens (including phenoxy) is 2. The summed E-state index contributed by atoms with van der Waals surface area (Å²) in [6.07, 6.45) is 2.72. The van der Waals surface area contributed by atoms with Gasteiger partial charge in [0.05, 0.1) is 6.42 Å². The van der Waals surface area contributed by atoms with Crippen molar-refractivity contribution in [1.29, 1.82) is 0 Å². The first-order valence-electron chi connectivity index (χ1n) is 10.2. The molecule has 4 aromatic rings. The van der Waals surface area contributed by atoms with Gasteiger partial charge in [-0.25, -0.2) is 4.79 Å². The first-order valence-corrected chi connectivity index (χ1v) is 10.2. The highest BCUT2D eigenvalue weighted by Crippen LogP contribution is 2.26. The van der Waals surface area contributed by atoms with Crippen molar-refractivity contribution < 1.29 is 19.1 Å². The molecule has 6 nitrogen and oxygen atoms in total. The molecule has 6 heteroatoms. The fourth-order valence-corrected chi connectivity index (χ4v) is 3.59. The Bertz CT molecular complexity index is 1260. The number of H-pyrrole nitrogens is 1. The number of carbonyl (C=O) groups is 2. The zero-order chi connectivity index (χ0) is 22.2. The Labute approximate surface area is 180 Å². The number of aromatic amines is 1. The molecule has 0 saturated heterocycles. The van der Waals surface area contributed by atoms with Crippen LogP contribution in [-0.4, -0.2) is 27.1 Å². The van der Waals surface area contributed by atoms with Crippen LogP contribution in [0.5, 0.6) is 0 Å². The standard InChI is InChI=1S/C25H26N2O4/c1-25(2,3)31-24(29)23(19-8-7-17-9-11-26-20(17)15-19)30-22(28)14-16-5-6-18-10-12-27(4)21(18)13-16/h5-13,15,23,26H,14H2,1-4H3. The van der Waals surface area contributed by atoms with Gasteiger partial charge in [0.2, 0.25) is 6.10 Å². The second-order valence-corrected chi connectivity index (χ2v) is 8.72. The van der Waals surface area contributed by atoms with Crippen molar-refractivity contribution in [2.75, 3.05) is 0 Å². The van der Waals surface area contributed by atoms with Crippen LogP contribution >= 0.6 is 0 Å². The van der Waals surface area contributed by atoms with Crippen LogP contribution in [-0.2, 0) is 32.5 Å². The lowest BCUT2D eigenvalue weighted by atomic mass is 10.1. The number of carbonyl (C=O) groups excluding carboxylic acids is 2. The smallest absolute Gasteiger partial charge is 0.352 e. The average molecular weight is 418 g/mol. The van der Waals surface area contributed by atoms with Gasteiger partial charge in [-0.15, -0.1) is 0 Å². The maximum absolute atomic E-state index is 12.9. The largest absolute Gasteiger partial charge is 0.457 e. The van der Waals surface area contributed by atoms with Crippen molar-refractivity contribution in [1.82, 2.24) is 9.55 Å². The summed E-state index contributed by atoms with van der Waals surface area (Å²) in [6, 6.07) is 15.3. The molecule has 2 heterocycles. The van der Waals surface area contributed by atoms with Gasteiger partial charge in [-0.2, -0.15) is 0 Å². The van der Waals surface area contributed by atoms with Crippen LogP contribution in [0, 0.1) is 0 Å². The van der Waals surface area contributed by atoms with Crippen LogP contribution < -0.4 is 0 Å². The van der Waals surface area contributed by atoms with Crippen LogP contribution in [0.15, 0.2) is 60.9 Å². The van der Waals surface area contributed by atoms with Gasteiger partial charge in [-0.3, -0.25) is 4.79 Å². The zero-order valence-corrected chi connectivity index (χ0v) is 18.1. The summed E-state index contributed by atoms with van der Waals surface area (Å²) in [7, 11) is 1.96. The van der Waals surface area contributed by atoms with Gasteiger partial charge in [0.25, 0.3) is 0 Å². The van der Waals surface area contributed by atoms with E-state index in [1.54, 1.807) is 26.8 Å². The summed E-state index contributed by atoms with van der Waals surface area (Å²) in [4.78, 5) is 28.8. The number of hydrogen-bond acceptors (Lipinski definition) is 4. The minimum absolute atomic E-state index is 0.0607. The number of benzene rings is 2. The molecule has 2 aromatic heterocycles. The van der Waals surface area contributed by atoms with E-state index in [-0.39, 0.29) is 6.42 Å². The number of aryl methyl sites for hydroxylation is 1. The SMILES string of the molecule is Cn1ccc2ccc(CC(=O)OC(C(=O)OC(C)(C)C)c3ccc4cc[nH]c4c3)cc21. The molecule has 1 N–H and O–H groups in total. The number of esters is 2. The lowest BCUT2D eigenvalue weighted by Gasteiger charge is -2.24. The van der Waals surface area contributed by atoms with Crippen LogP contribution in [0.25, 0.3) is 21.8 Å². The van der Waals surface area contributed by atoms with Crippen molar-refractivity contribution in [3.05, 3.63) is 72.1 Å². The predicted molar refractivity (Wildman–Crippen MR) is 120 cm³/mol. The molecule has 4 rings (SSSR count). The monoisotopic (exact) mass is 418 g/mol. The van der Waals surface area contributed by atoms with E-state index in [1.807, 2.05) is 66.5 Å². The maximum Gasteiger partial charge on any atom is 0.352 e. The van der Waals surface area contributed by atoms with Gasteiger partial charge < -0.3 is 19.0 Å². The lowest BCUT2D eigenvalue weighted by Crippen LogP contribution is -2.30. The van der Waals surface area contributed by atoms with Gasteiger partial charge in [0.15, 0.2) is 0 Å². The molecule has 0 bridgehead atoms. The number of nitrogens with one attached hydrogen (secondary N) is 1. The number of rotatable bonds is 5. The molecule has 2 aromatic carbocycles. The topological polar surface area (TPSA) is 73.3 Å². The molecule has 0 saturated carbocycles. The van der Waals surface area contributed by atoms with E-state index in [1.165, 1.54) is 0 Å². The van der Waals surface area contributed by atoms with E-state index >= 15 is 0 Å². The van der Waals surface area contributed by atoms with E-state index < -0.39 is 23.6 Å². The normalized spacial score (nSPS) is 12.8. The molecule has 0 aliphatic heterocycles. The van der Waals surface area contributed by atoms with E-state index in [0.29, 0.717) is 5.56 Å². The minimum atomic E-state index is -1.14. The Morgan fingerprint density at radius 3 is 2.58 bits per heavy atom.